The zero-order valence-corrected chi connectivity index (χ0v) is 13.8. The Morgan fingerprint density at radius 2 is 1.85 bits per heavy atom. The number of carboxylic acid groups (broad SMARTS) is 1. The van der Waals surface area contributed by atoms with E-state index in [9.17, 15) is 14.7 Å². The fourth-order valence-corrected chi connectivity index (χ4v) is 2.97. The molecule has 2 aromatic carbocycles. The summed E-state index contributed by atoms with van der Waals surface area (Å²) in [6, 6.07) is 17.3. The first kappa shape index (κ1) is 15.8. The number of aryl methyl sites for hydroxylation is 1. The molecular formula is C20H14N2O4. The Morgan fingerprint density at radius 1 is 1.08 bits per heavy atom. The van der Waals surface area contributed by atoms with Crippen LogP contribution in [0.2, 0.25) is 0 Å². The fourth-order valence-electron chi connectivity index (χ4n) is 2.97. The minimum atomic E-state index is -1.04. The van der Waals surface area contributed by atoms with E-state index in [0.29, 0.717) is 11.4 Å². The Hall–Kier alpha value is -3.67. The molecule has 0 radical (unpaired) electrons. The lowest BCUT2D eigenvalue weighted by atomic mass is 10.1. The number of rotatable bonds is 3. The molecule has 0 aliphatic heterocycles. The van der Waals surface area contributed by atoms with Gasteiger partial charge in [-0.05, 0) is 30.7 Å². The second kappa shape index (κ2) is 6.00. The second-order valence-corrected chi connectivity index (χ2v) is 5.91. The SMILES string of the molecule is Cc1cc(=O)oc2c1c(-c1ccccc1)nn2-c1cccc(C(=O)O)c1. The number of nitrogens with zero attached hydrogens (tertiary/aromatic N) is 2. The van der Waals surface area contributed by atoms with Gasteiger partial charge in [-0.1, -0.05) is 36.4 Å². The smallest absolute Gasteiger partial charge is 0.337 e. The van der Waals surface area contributed by atoms with Gasteiger partial charge in [-0.25, -0.2) is 9.59 Å². The number of fused-ring (bicyclic) bond motifs is 1. The Balaban J connectivity index is 2.06. The number of hydrogen-bond donors (Lipinski definition) is 1. The highest BCUT2D eigenvalue weighted by molar-refractivity contribution is 5.94. The molecule has 2 aromatic heterocycles. The highest BCUT2D eigenvalue weighted by Gasteiger charge is 2.19. The van der Waals surface area contributed by atoms with Gasteiger partial charge in [0.05, 0.1) is 16.6 Å². The molecule has 0 bridgehead atoms. The summed E-state index contributed by atoms with van der Waals surface area (Å²) < 4.78 is 6.90. The summed E-state index contributed by atoms with van der Waals surface area (Å²) >= 11 is 0. The van der Waals surface area contributed by atoms with Crippen molar-refractivity contribution in [1.29, 1.82) is 0 Å². The van der Waals surface area contributed by atoms with Gasteiger partial charge in [0.25, 0.3) is 0 Å². The molecule has 0 spiro atoms. The predicted octanol–water partition coefficient (Wildman–Crippen LogP) is 3.65. The summed E-state index contributed by atoms with van der Waals surface area (Å²) in [4.78, 5) is 23.2. The Bertz CT molecular complexity index is 1190. The first-order valence-corrected chi connectivity index (χ1v) is 7.97. The highest BCUT2D eigenvalue weighted by atomic mass is 16.4. The molecule has 6 heteroatoms. The summed E-state index contributed by atoms with van der Waals surface area (Å²) in [6.45, 7) is 1.82. The van der Waals surface area contributed by atoms with Crippen molar-refractivity contribution >= 4 is 17.1 Å². The lowest BCUT2D eigenvalue weighted by Gasteiger charge is -2.03. The minimum absolute atomic E-state index is 0.127. The van der Waals surface area contributed by atoms with Gasteiger partial charge in [-0.3, -0.25) is 0 Å². The molecule has 0 unspecified atom stereocenters. The zero-order chi connectivity index (χ0) is 18.3. The average Bonchev–Trinajstić information content (AvgIpc) is 3.02. The van der Waals surface area contributed by atoms with E-state index in [-0.39, 0.29) is 11.3 Å². The van der Waals surface area contributed by atoms with E-state index in [4.69, 9.17) is 4.42 Å². The Kier molecular flexibility index (Phi) is 3.65. The normalized spacial score (nSPS) is 11.0. The molecule has 0 fully saturated rings. The monoisotopic (exact) mass is 346 g/mol. The lowest BCUT2D eigenvalue weighted by molar-refractivity contribution is 0.0697. The molecule has 0 atom stereocenters. The molecule has 2 heterocycles. The van der Waals surface area contributed by atoms with E-state index in [2.05, 4.69) is 5.10 Å². The van der Waals surface area contributed by atoms with Crippen molar-refractivity contribution in [3.8, 4) is 16.9 Å². The van der Waals surface area contributed by atoms with Crippen molar-refractivity contribution in [3.63, 3.8) is 0 Å². The Morgan fingerprint density at radius 3 is 2.58 bits per heavy atom. The van der Waals surface area contributed by atoms with Crippen LogP contribution < -0.4 is 5.63 Å². The topological polar surface area (TPSA) is 85.3 Å². The molecular weight excluding hydrogens is 332 g/mol. The van der Waals surface area contributed by atoms with Gasteiger partial charge >= 0.3 is 11.6 Å². The minimum Gasteiger partial charge on any atom is -0.478 e. The van der Waals surface area contributed by atoms with Crippen molar-refractivity contribution in [3.05, 3.63) is 82.2 Å². The van der Waals surface area contributed by atoms with Crippen LogP contribution in [0.5, 0.6) is 0 Å². The van der Waals surface area contributed by atoms with Gasteiger partial charge in [0.15, 0.2) is 0 Å². The molecule has 0 amide bonds. The molecule has 4 aromatic rings. The number of carbonyl (C=O) groups is 1. The second-order valence-electron chi connectivity index (χ2n) is 5.91. The maximum absolute atomic E-state index is 11.9. The molecule has 26 heavy (non-hydrogen) atoms. The van der Waals surface area contributed by atoms with Crippen molar-refractivity contribution in [2.45, 2.75) is 6.92 Å². The van der Waals surface area contributed by atoms with Crippen LogP contribution in [-0.2, 0) is 0 Å². The fraction of sp³-hybridized carbons (Fsp3) is 0.0500. The molecule has 0 saturated carbocycles. The number of aromatic nitrogens is 2. The van der Waals surface area contributed by atoms with E-state index < -0.39 is 11.6 Å². The van der Waals surface area contributed by atoms with Crippen LogP contribution in [0, 0.1) is 6.92 Å². The summed E-state index contributed by atoms with van der Waals surface area (Å²) in [7, 11) is 0. The van der Waals surface area contributed by atoms with E-state index in [1.54, 1.807) is 12.1 Å². The molecule has 0 aliphatic carbocycles. The van der Waals surface area contributed by atoms with E-state index >= 15 is 0 Å². The van der Waals surface area contributed by atoms with Crippen molar-refractivity contribution in [2.24, 2.45) is 0 Å². The standard InChI is InChI=1S/C20H14N2O4/c1-12-10-16(23)26-19-17(12)18(13-6-3-2-4-7-13)21-22(19)15-9-5-8-14(11-15)20(24)25/h2-11H,1H3,(H,24,25). The molecule has 1 N–H and O–H groups in total. The van der Waals surface area contributed by atoms with Crippen molar-refractivity contribution in [1.82, 2.24) is 9.78 Å². The third-order valence-electron chi connectivity index (χ3n) is 4.15. The van der Waals surface area contributed by atoms with Gasteiger partial charge in [-0.2, -0.15) is 9.78 Å². The molecule has 4 rings (SSSR count). The number of aromatic carboxylic acids is 1. The van der Waals surface area contributed by atoms with Crippen molar-refractivity contribution < 1.29 is 14.3 Å². The van der Waals surface area contributed by atoms with Crippen LogP contribution in [0.4, 0.5) is 0 Å². The molecule has 0 saturated heterocycles. The maximum atomic E-state index is 11.9. The summed E-state index contributed by atoms with van der Waals surface area (Å²) in [5.41, 5.74) is 2.73. The maximum Gasteiger partial charge on any atom is 0.337 e. The number of hydrogen-bond acceptors (Lipinski definition) is 4. The highest BCUT2D eigenvalue weighted by Crippen LogP contribution is 2.31. The summed E-state index contributed by atoms with van der Waals surface area (Å²) in [5.74, 6) is -1.04. The Labute approximate surface area is 147 Å². The van der Waals surface area contributed by atoms with Crippen LogP contribution in [0.1, 0.15) is 15.9 Å². The van der Waals surface area contributed by atoms with E-state index in [1.165, 1.54) is 22.9 Å². The van der Waals surface area contributed by atoms with Gasteiger partial charge < -0.3 is 9.52 Å². The van der Waals surface area contributed by atoms with Gasteiger partial charge in [0.2, 0.25) is 5.71 Å². The van der Waals surface area contributed by atoms with Crippen LogP contribution in [0.3, 0.4) is 0 Å². The summed E-state index contributed by atoms with van der Waals surface area (Å²) in [6.07, 6.45) is 0. The molecule has 6 nitrogen and oxygen atoms in total. The van der Waals surface area contributed by atoms with Crippen LogP contribution in [0.15, 0.2) is 69.9 Å². The third kappa shape index (κ3) is 2.57. The first-order chi connectivity index (χ1) is 12.5. The zero-order valence-electron chi connectivity index (χ0n) is 13.8. The average molecular weight is 346 g/mol. The number of carboxylic acids is 1. The lowest BCUT2D eigenvalue weighted by Crippen LogP contribution is -2.03. The largest absolute Gasteiger partial charge is 0.478 e. The first-order valence-electron chi connectivity index (χ1n) is 7.97. The predicted molar refractivity (Wildman–Crippen MR) is 96.7 cm³/mol. The van der Waals surface area contributed by atoms with Gasteiger partial charge in [0.1, 0.15) is 5.69 Å². The third-order valence-corrected chi connectivity index (χ3v) is 4.15. The van der Waals surface area contributed by atoms with Gasteiger partial charge in [-0.15, -0.1) is 0 Å². The molecule has 128 valence electrons. The van der Waals surface area contributed by atoms with Crippen molar-refractivity contribution in [2.75, 3.05) is 0 Å². The number of benzene rings is 2. The molecule has 0 aliphatic rings. The van der Waals surface area contributed by atoms with Crippen LogP contribution in [0.25, 0.3) is 28.0 Å². The van der Waals surface area contributed by atoms with Gasteiger partial charge in [0, 0.05) is 11.6 Å². The summed E-state index contributed by atoms with van der Waals surface area (Å²) in [5, 5.41) is 14.6. The van der Waals surface area contributed by atoms with Crippen LogP contribution in [-0.4, -0.2) is 20.9 Å². The van der Waals surface area contributed by atoms with Crippen LogP contribution >= 0.6 is 0 Å². The van der Waals surface area contributed by atoms with E-state index in [1.807, 2.05) is 37.3 Å². The quantitative estimate of drug-likeness (QED) is 0.612. The van der Waals surface area contributed by atoms with E-state index in [0.717, 1.165) is 16.5 Å².